The molecule has 0 spiro atoms. The average molecular weight is 273 g/mol. The van der Waals surface area contributed by atoms with Gasteiger partial charge in [0.2, 0.25) is 0 Å². The largest absolute Gasteiger partial charge is 0.376 e. The number of carbonyl (C=O) groups is 1. The molecule has 2 rings (SSSR count). The highest BCUT2D eigenvalue weighted by Gasteiger charge is 2.11. The van der Waals surface area contributed by atoms with Gasteiger partial charge in [0, 0.05) is 25.9 Å². The number of pyridine rings is 1. The summed E-state index contributed by atoms with van der Waals surface area (Å²) in [7, 11) is 3.76. The molecule has 1 aromatic carbocycles. The Morgan fingerprint density at radius 3 is 2.70 bits per heavy atom. The SMILES string of the molecule is Cc1cc(C(=O)Nc2cnccc2N(C)C)ccc1F. The van der Waals surface area contributed by atoms with Crippen LogP contribution in [-0.4, -0.2) is 25.0 Å². The molecule has 20 heavy (non-hydrogen) atoms. The Balaban J connectivity index is 2.26. The molecule has 4 nitrogen and oxygen atoms in total. The minimum atomic E-state index is -0.322. The summed E-state index contributed by atoms with van der Waals surface area (Å²) in [5, 5.41) is 2.79. The van der Waals surface area contributed by atoms with Gasteiger partial charge in [-0.1, -0.05) is 0 Å². The molecule has 1 aromatic heterocycles. The maximum absolute atomic E-state index is 13.2. The number of carbonyl (C=O) groups excluding carboxylic acids is 1. The highest BCUT2D eigenvalue weighted by molar-refractivity contribution is 6.05. The van der Waals surface area contributed by atoms with Crippen molar-refractivity contribution in [2.45, 2.75) is 6.92 Å². The third-order valence-corrected chi connectivity index (χ3v) is 2.95. The Labute approximate surface area is 117 Å². The molecule has 0 atom stereocenters. The van der Waals surface area contributed by atoms with E-state index >= 15 is 0 Å². The zero-order valence-electron chi connectivity index (χ0n) is 11.6. The second-order valence-electron chi connectivity index (χ2n) is 4.71. The van der Waals surface area contributed by atoms with Crippen LogP contribution in [0, 0.1) is 12.7 Å². The standard InChI is InChI=1S/C15H16FN3O/c1-10-8-11(4-5-12(10)16)15(20)18-13-9-17-7-6-14(13)19(2)3/h4-9H,1-3H3,(H,18,20). The highest BCUT2D eigenvalue weighted by atomic mass is 19.1. The van der Waals surface area contributed by atoms with Crippen LogP contribution in [0.15, 0.2) is 36.7 Å². The normalized spacial score (nSPS) is 10.2. The van der Waals surface area contributed by atoms with Crippen molar-refractivity contribution in [2.24, 2.45) is 0 Å². The Hall–Kier alpha value is -2.43. The molecule has 0 radical (unpaired) electrons. The van der Waals surface area contributed by atoms with E-state index in [0.29, 0.717) is 16.8 Å². The Morgan fingerprint density at radius 2 is 2.05 bits per heavy atom. The molecular formula is C15H16FN3O. The van der Waals surface area contributed by atoms with Crippen molar-refractivity contribution in [2.75, 3.05) is 24.3 Å². The number of anilines is 2. The lowest BCUT2D eigenvalue weighted by Crippen LogP contribution is -2.17. The summed E-state index contributed by atoms with van der Waals surface area (Å²) in [6.07, 6.45) is 3.25. The van der Waals surface area contributed by atoms with Gasteiger partial charge < -0.3 is 10.2 Å². The summed E-state index contributed by atoms with van der Waals surface area (Å²) < 4.78 is 13.2. The number of rotatable bonds is 3. The second kappa shape index (κ2) is 5.69. The van der Waals surface area contributed by atoms with E-state index in [0.717, 1.165) is 5.69 Å². The molecular weight excluding hydrogens is 257 g/mol. The van der Waals surface area contributed by atoms with Crippen molar-refractivity contribution in [1.29, 1.82) is 0 Å². The molecule has 1 N–H and O–H groups in total. The van der Waals surface area contributed by atoms with Crippen molar-refractivity contribution in [3.63, 3.8) is 0 Å². The van der Waals surface area contributed by atoms with Crippen LogP contribution in [-0.2, 0) is 0 Å². The zero-order chi connectivity index (χ0) is 14.7. The number of benzene rings is 1. The van der Waals surface area contributed by atoms with Crippen LogP contribution in [0.1, 0.15) is 15.9 Å². The fraction of sp³-hybridized carbons (Fsp3) is 0.200. The summed E-state index contributed by atoms with van der Waals surface area (Å²) in [4.78, 5) is 18.1. The van der Waals surface area contributed by atoms with Gasteiger partial charge in [0.25, 0.3) is 5.91 Å². The lowest BCUT2D eigenvalue weighted by atomic mass is 10.1. The van der Waals surface area contributed by atoms with Crippen LogP contribution in [0.4, 0.5) is 15.8 Å². The number of aryl methyl sites for hydroxylation is 1. The van der Waals surface area contributed by atoms with Crippen LogP contribution >= 0.6 is 0 Å². The number of aromatic nitrogens is 1. The molecule has 0 unspecified atom stereocenters. The van der Waals surface area contributed by atoms with Crippen LogP contribution in [0.3, 0.4) is 0 Å². The first-order valence-corrected chi connectivity index (χ1v) is 6.18. The van der Waals surface area contributed by atoms with Crippen molar-refractivity contribution in [3.05, 3.63) is 53.6 Å². The van der Waals surface area contributed by atoms with Gasteiger partial charge in [0.05, 0.1) is 17.6 Å². The van der Waals surface area contributed by atoms with E-state index in [-0.39, 0.29) is 11.7 Å². The van der Waals surface area contributed by atoms with E-state index in [4.69, 9.17) is 0 Å². The summed E-state index contributed by atoms with van der Waals surface area (Å²) in [5.74, 6) is -0.610. The average Bonchev–Trinajstić information content (AvgIpc) is 2.42. The van der Waals surface area contributed by atoms with Gasteiger partial charge in [0.15, 0.2) is 0 Å². The van der Waals surface area contributed by atoms with Gasteiger partial charge in [0.1, 0.15) is 5.82 Å². The molecule has 0 aliphatic heterocycles. The number of hydrogen-bond acceptors (Lipinski definition) is 3. The number of nitrogens with zero attached hydrogens (tertiary/aromatic N) is 2. The second-order valence-corrected chi connectivity index (χ2v) is 4.71. The predicted molar refractivity (Wildman–Crippen MR) is 77.7 cm³/mol. The van der Waals surface area contributed by atoms with Crippen molar-refractivity contribution in [1.82, 2.24) is 4.98 Å². The summed E-state index contributed by atoms with van der Waals surface area (Å²) >= 11 is 0. The fourth-order valence-corrected chi connectivity index (χ4v) is 1.85. The number of nitrogens with one attached hydrogen (secondary N) is 1. The molecule has 0 fully saturated rings. The van der Waals surface area contributed by atoms with E-state index in [1.54, 1.807) is 19.3 Å². The van der Waals surface area contributed by atoms with Gasteiger partial charge in [-0.3, -0.25) is 9.78 Å². The van der Waals surface area contributed by atoms with E-state index in [1.807, 2.05) is 25.1 Å². The van der Waals surface area contributed by atoms with Gasteiger partial charge in [-0.05, 0) is 36.8 Å². The van der Waals surface area contributed by atoms with Gasteiger partial charge in [-0.25, -0.2) is 4.39 Å². The van der Waals surface area contributed by atoms with Gasteiger partial charge >= 0.3 is 0 Å². The maximum Gasteiger partial charge on any atom is 0.255 e. The first-order chi connectivity index (χ1) is 9.49. The summed E-state index contributed by atoms with van der Waals surface area (Å²) in [6.45, 7) is 1.63. The van der Waals surface area contributed by atoms with E-state index < -0.39 is 0 Å². The molecule has 1 heterocycles. The lowest BCUT2D eigenvalue weighted by Gasteiger charge is -2.17. The lowest BCUT2D eigenvalue weighted by molar-refractivity contribution is 0.102. The first-order valence-electron chi connectivity index (χ1n) is 6.18. The summed E-state index contributed by atoms with van der Waals surface area (Å²) in [6, 6.07) is 6.09. The van der Waals surface area contributed by atoms with Crippen LogP contribution in [0.5, 0.6) is 0 Å². The van der Waals surface area contributed by atoms with Crippen LogP contribution in [0.2, 0.25) is 0 Å². The zero-order valence-corrected chi connectivity index (χ0v) is 11.6. The van der Waals surface area contributed by atoms with Crippen molar-refractivity contribution < 1.29 is 9.18 Å². The van der Waals surface area contributed by atoms with E-state index in [1.165, 1.54) is 18.2 Å². The molecule has 2 aromatic rings. The quantitative estimate of drug-likeness (QED) is 0.935. The monoisotopic (exact) mass is 273 g/mol. The highest BCUT2D eigenvalue weighted by Crippen LogP contribution is 2.23. The number of amides is 1. The molecule has 104 valence electrons. The number of hydrogen-bond donors (Lipinski definition) is 1. The molecule has 0 aliphatic rings. The third-order valence-electron chi connectivity index (χ3n) is 2.95. The molecule has 0 saturated heterocycles. The molecule has 0 aliphatic carbocycles. The van der Waals surface area contributed by atoms with Crippen molar-refractivity contribution >= 4 is 17.3 Å². The third kappa shape index (κ3) is 2.93. The Bertz CT molecular complexity index is 641. The number of halogens is 1. The minimum absolute atomic E-state index is 0.288. The minimum Gasteiger partial charge on any atom is -0.376 e. The van der Waals surface area contributed by atoms with Crippen LogP contribution in [0.25, 0.3) is 0 Å². The molecule has 0 bridgehead atoms. The maximum atomic E-state index is 13.2. The predicted octanol–water partition coefficient (Wildman–Crippen LogP) is 2.85. The van der Waals surface area contributed by atoms with Crippen molar-refractivity contribution in [3.8, 4) is 0 Å². The topological polar surface area (TPSA) is 45.2 Å². The first kappa shape index (κ1) is 14.0. The van der Waals surface area contributed by atoms with E-state index in [9.17, 15) is 9.18 Å². The molecule has 5 heteroatoms. The van der Waals surface area contributed by atoms with Crippen LogP contribution < -0.4 is 10.2 Å². The van der Waals surface area contributed by atoms with Gasteiger partial charge in [-0.2, -0.15) is 0 Å². The fourth-order valence-electron chi connectivity index (χ4n) is 1.85. The Morgan fingerprint density at radius 1 is 1.30 bits per heavy atom. The van der Waals surface area contributed by atoms with E-state index in [2.05, 4.69) is 10.3 Å². The molecule has 1 amide bonds. The summed E-state index contributed by atoms with van der Waals surface area (Å²) in [5.41, 5.74) is 2.32. The van der Waals surface area contributed by atoms with Gasteiger partial charge in [-0.15, -0.1) is 0 Å². The molecule has 0 saturated carbocycles. The Kier molecular flexibility index (Phi) is 3.98. The smallest absolute Gasteiger partial charge is 0.255 e.